The molecule has 2 aliphatic rings. The van der Waals surface area contributed by atoms with Crippen LogP contribution in [-0.2, 0) is 9.47 Å². The number of hydrogen-bond donors (Lipinski definition) is 1. The fourth-order valence-corrected chi connectivity index (χ4v) is 2.95. The lowest BCUT2D eigenvalue weighted by Gasteiger charge is -2.39. The molecule has 0 amide bonds. The van der Waals surface area contributed by atoms with E-state index in [-0.39, 0.29) is 11.2 Å². The van der Waals surface area contributed by atoms with E-state index in [0.29, 0.717) is 13.2 Å². The zero-order valence-corrected chi connectivity index (χ0v) is 9.76. The molecule has 2 rings (SSSR count). The van der Waals surface area contributed by atoms with Crippen LogP contribution < -0.4 is 0 Å². The summed E-state index contributed by atoms with van der Waals surface area (Å²) in [5.41, 5.74) is -0.178. The first-order chi connectivity index (χ1) is 7.24. The molecule has 2 fully saturated rings. The van der Waals surface area contributed by atoms with Crippen molar-refractivity contribution in [3.8, 4) is 6.07 Å². The summed E-state index contributed by atoms with van der Waals surface area (Å²) >= 11 is 4.23. The van der Waals surface area contributed by atoms with E-state index in [9.17, 15) is 5.26 Å². The van der Waals surface area contributed by atoms with Crippen molar-refractivity contribution in [2.75, 3.05) is 19.0 Å². The smallest absolute Gasteiger partial charge is 0.168 e. The Hall–Kier alpha value is -0.240. The minimum atomic E-state index is -0.350. The zero-order chi connectivity index (χ0) is 10.8. The summed E-state index contributed by atoms with van der Waals surface area (Å²) in [6.07, 6.45) is 4.35. The van der Waals surface area contributed by atoms with Crippen LogP contribution in [-0.4, -0.2) is 24.8 Å². The molecule has 0 atom stereocenters. The van der Waals surface area contributed by atoms with E-state index in [2.05, 4.69) is 18.7 Å². The van der Waals surface area contributed by atoms with Gasteiger partial charge in [-0.3, -0.25) is 0 Å². The van der Waals surface area contributed by atoms with Gasteiger partial charge in [-0.15, -0.1) is 0 Å². The summed E-state index contributed by atoms with van der Waals surface area (Å²) in [5, 5.41) is 9.24. The molecule has 15 heavy (non-hydrogen) atoms. The molecule has 0 aromatic heterocycles. The Labute approximate surface area is 96.2 Å². The maximum Gasteiger partial charge on any atom is 0.168 e. The van der Waals surface area contributed by atoms with Gasteiger partial charge in [0.05, 0.1) is 24.7 Å². The molecule has 1 aliphatic heterocycles. The van der Waals surface area contributed by atoms with Crippen LogP contribution in [0.25, 0.3) is 0 Å². The van der Waals surface area contributed by atoms with E-state index in [1.54, 1.807) is 0 Å². The lowest BCUT2D eigenvalue weighted by atomic mass is 9.71. The molecule has 1 spiro atoms. The standard InChI is InChI=1S/C11H17NO2S/c12-9-10(5-8-15)1-3-11(4-2-10)13-6-7-14-11/h15H,1-8H2. The van der Waals surface area contributed by atoms with Gasteiger partial charge in [-0.1, -0.05) is 0 Å². The first kappa shape index (κ1) is 11.3. The maximum atomic E-state index is 9.24. The van der Waals surface area contributed by atoms with E-state index in [1.165, 1.54) is 0 Å². The molecule has 0 aromatic rings. The normalized spacial score (nSPS) is 27.7. The maximum absolute atomic E-state index is 9.24. The van der Waals surface area contributed by atoms with E-state index >= 15 is 0 Å². The fraction of sp³-hybridized carbons (Fsp3) is 0.909. The molecule has 4 heteroatoms. The molecular weight excluding hydrogens is 210 g/mol. The second-order valence-corrected chi connectivity index (χ2v) is 4.92. The van der Waals surface area contributed by atoms with Gasteiger partial charge >= 0.3 is 0 Å². The number of rotatable bonds is 2. The first-order valence-corrected chi connectivity index (χ1v) is 6.18. The molecule has 1 saturated carbocycles. The van der Waals surface area contributed by atoms with Gasteiger partial charge in [-0.25, -0.2) is 0 Å². The lowest BCUT2D eigenvalue weighted by molar-refractivity contribution is -0.187. The van der Waals surface area contributed by atoms with Crippen LogP contribution >= 0.6 is 12.6 Å². The highest BCUT2D eigenvalue weighted by molar-refractivity contribution is 7.80. The third kappa shape index (κ3) is 2.15. The average Bonchev–Trinajstić information content (AvgIpc) is 2.72. The summed E-state index contributed by atoms with van der Waals surface area (Å²) in [6.45, 7) is 1.40. The molecule has 0 unspecified atom stereocenters. The molecule has 0 N–H and O–H groups in total. The monoisotopic (exact) mass is 227 g/mol. The highest BCUT2D eigenvalue weighted by Crippen LogP contribution is 2.46. The highest BCUT2D eigenvalue weighted by atomic mass is 32.1. The number of thiol groups is 1. The second-order valence-electron chi connectivity index (χ2n) is 4.47. The Morgan fingerprint density at radius 1 is 1.13 bits per heavy atom. The summed E-state index contributed by atoms with van der Waals surface area (Å²) in [7, 11) is 0. The Bertz CT molecular complexity index is 258. The molecule has 84 valence electrons. The van der Waals surface area contributed by atoms with Crippen molar-refractivity contribution in [3.63, 3.8) is 0 Å². The molecule has 0 bridgehead atoms. The number of nitriles is 1. The van der Waals surface area contributed by atoms with Gasteiger partial charge in [-0.05, 0) is 25.0 Å². The van der Waals surface area contributed by atoms with E-state index in [1.807, 2.05) is 0 Å². The Kier molecular flexibility index (Phi) is 3.24. The van der Waals surface area contributed by atoms with Crippen molar-refractivity contribution in [2.45, 2.75) is 37.9 Å². The topological polar surface area (TPSA) is 42.2 Å². The lowest BCUT2D eigenvalue weighted by Crippen LogP contribution is -2.39. The predicted octanol–water partition coefficient (Wildman–Crippen LogP) is 2.13. The Morgan fingerprint density at radius 3 is 2.20 bits per heavy atom. The molecule has 0 radical (unpaired) electrons. The van der Waals surface area contributed by atoms with Crippen LogP contribution in [0.5, 0.6) is 0 Å². The van der Waals surface area contributed by atoms with Crippen LogP contribution in [0.2, 0.25) is 0 Å². The van der Waals surface area contributed by atoms with Crippen LogP contribution in [0.4, 0.5) is 0 Å². The summed E-state index contributed by atoms with van der Waals surface area (Å²) in [5.74, 6) is 0.430. The SMILES string of the molecule is N#CC1(CCS)CCC2(CC1)OCCO2. The van der Waals surface area contributed by atoms with Crippen molar-refractivity contribution in [1.29, 1.82) is 5.26 Å². The summed E-state index contributed by atoms with van der Waals surface area (Å²) in [6, 6.07) is 2.46. The molecule has 3 nitrogen and oxygen atoms in total. The van der Waals surface area contributed by atoms with Crippen molar-refractivity contribution < 1.29 is 9.47 Å². The average molecular weight is 227 g/mol. The van der Waals surface area contributed by atoms with Crippen molar-refractivity contribution >= 4 is 12.6 Å². The Morgan fingerprint density at radius 2 is 1.73 bits per heavy atom. The molecule has 1 saturated heterocycles. The predicted molar refractivity (Wildman–Crippen MR) is 59.6 cm³/mol. The van der Waals surface area contributed by atoms with Gasteiger partial charge in [0.25, 0.3) is 0 Å². The third-order valence-electron chi connectivity index (χ3n) is 3.61. The van der Waals surface area contributed by atoms with Gasteiger partial charge in [0.1, 0.15) is 0 Å². The van der Waals surface area contributed by atoms with Gasteiger partial charge in [0.2, 0.25) is 0 Å². The van der Waals surface area contributed by atoms with Crippen LogP contribution in [0.3, 0.4) is 0 Å². The number of ether oxygens (including phenoxy) is 2. The van der Waals surface area contributed by atoms with E-state index in [0.717, 1.165) is 37.9 Å². The first-order valence-electron chi connectivity index (χ1n) is 5.54. The molecule has 1 heterocycles. The van der Waals surface area contributed by atoms with Crippen LogP contribution in [0, 0.1) is 16.7 Å². The third-order valence-corrected chi connectivity index (χ3v) is 3.83. The fourth-order valence-electron chi connectivity index (χ4n) is 2.53. The van der Waals surface area contributed by atoms with Crippen molar-refractivity contribution in [2.24, 2.45) is 5.41 Å². The van der Waals surface area contributed by atoms with Gasteiger partial charge in [-0.2, -0.15) is 17.9 Å². The van der Waals surface area contributed by atoms with E-state index < -0.39 is 0 Å². The van der Waals surface area contributed by atoms with Gasteiger partial charge in [0.15, 0.2) is 5.79 Å². The quantitative estimate of drug-likeness (QED) is 0.735. The van der Waals surface area contributed by atoms with Gasteiger partial charge in [0, 0.05) is 12.8 Å². The molecule has 0 aromatic carbocycles. The number of nitrogens with zero attached hydrogens (tertiary/aromatic N) is 1. The molecular formula is C11H17NO2S. The van der Waals surface area contributed by atoms with E-state index in [4.69, 9.17) is 9.47 Å². The minimum absolute atomic E-state index is 0.178. The largest absolute Gasteiger partial charge is 0.348 e. The Balaban J connectivity index is 1.98. The number of hydrogen-bond acceptors (Lipinski definition) is 4. The summed E-state index contributed by atoms with van der Waals surface area (Å²) in [4.78, 5) is 0. The van der Waals surface area contributed by atoms with Crippen molar-refractivity contribution in [3.05, 3.63) is 0 Å². The minimum Gasteiger partial charge on any atom is -0.348 e. The zero-order valence-electron chi connectivity index (χ0n) is 8.87. The van der Waals surface area contributed by atoms with Crippen LogP contribution in [0.15, 0.2) is 0 Å². The van der Waals surface area contributed by atoms with Gasteiger partial charge < -0.3 is 9.47 Å². The van der Waals surface area contributed by atoms with Crippen LogP contribution in [0.1, 0.15) is 32.1 Å². The summed E-state index contributed by atoms with van der Waals surface area (Å²) < 4.78 is 11.3. The van der Waals surface area contributed by atoms with Crippen molar-refractivity contribution in [1.82, 2.24) is 0 Å². The molecule has 1 aliphatic carbocycles. The second kappa shape index (κ2) is 4.32. The highest BCUT2D eigenvalue weighted by Gasteiger charge is 2.46.